The van der Waals surface area contributed by atoms with Crippen LogP contribution in [0.2, 0.25) is 0 Å². The van der Waals surface area contributed by atoms with Crippen LogP contribution in [0.5, 0.6) is 0 Å². The molecule has 0 saturated carbocycles. The molecule has 4 rings (SSSR count). The number of para-hydroxylation sites is 1. The Kier molecular flexibility index (Phi) is 4.99. The number of halogens is 1. The Bertz CT molecular complexity index is 1160. The number of rotatable bonds is 4. The van der Waals surface area contributed by atoms with E-state index in [9.17, 15) is 4.79 Å². The van der Waals surface area contributed by atoms with Crippen LogP contribution in [0, 0.1) is 0 Å². The van der Waals surface area contributed by atoms with Gasteiger partial charge < -0.3 is 0 Å². The Morgan fingerprint density at radius 3 is 2.33 bits per heavy atom. The van der Waals surface area contributed by atoms with Crippen molar-refractivity contribution >= 4 is 39.0 Å². The summed E-state index contributed by atoms with van der Waals surface area (Å²) in [6.45, 7) is 0.484. The molecule has 0 aliphatic rings. The lowest BCUT2D eigenvalue weighted by Gasteiger charge is -2.11. The molecule has 1 aromatic heterocycles. The van der Waals surface area contributed by atoms with Gasteiger partial charge in [-0.2, -0.15) is 0 Å². The van der Waals surface area contributed by atoms with Gasteiger partial charge in [-0.25, -0.2) is 4.98 Å². The van der Waals surface area contributed by atoms with Crippen LogP contribution in [-0.4, -0.2) is 9.55 Å². The summed E-state index contributed by atoms with van der Waals surface area (Å²) >= 11 is 3.44. The van der Waals surface area contributed by atoms with E-state index < -0.39 is 0 Å². The predicted octanol–water partition coefficient (Wildman–Crippen LogP) is 5.38. The molecule has 0 N–H and O–H groups in total. The summed E-state index contributed by atoms with van der Waals surface area (Å²) < 4.78 is 2.76. The van der Waals surface area contributed by atoms with Crippen LogP contribution in [0.3, 0.4) is 0 Å². The van der Waals surface area contributed by atoms with Gasteiger partial charge in [0, 0.05) is 4.47 Å². The zero-order valence-corrected chi connectivity index (χ0v) is 16.1. The minimum Gasteiger partial charge on any atom is -0.288 e. The lowest BCUT2D eigenvalue weighted by molar-refractivity contribution is 0.738. The molecular formula is C23H17BrN2O. The highest BCUT2D eigenvalue weighted by atomic mass is 79.9. The zero-order chi connectivity index (χ0) is 18.6. The van der Waals surface area contributed by atoms with Crippen LogP contribution in [0.25, 0.3) is 23.1 Å². The number of benzene rings is 3. The number of fused-ring (bicyclic) bond motifs is 1. The smallest absolute Gasteiger partial charge is 0.261 e. The van der Waals surface area contributed by atoms with Crippen molar-refractivity contribution in [1.82, 2.24) is 9.55 Å². The molecule has 0 aliphatic heterocycles. The number of aromatic nitrogens is 2. The van der Waals surface area contributed by atoms with Crippen molar-refractivity contribution in [2.45, 2.75) is 6.54 Å². The molecule has 4 heteroatoms. The molecule has 3 nitrogen and oxygen atoms in total. The van der Waals surface area contributed by atoms with Crippen molar-refractivity contribution < 1.29 is 0 Å². The van der Waals surface area contributed by atoms with Gasteiger partial charge >= 0.3 is 0 Å². The van der Waals surface area contributed by atoms with Gasteiger partial charge in [0.25, 0.3) is 5.56 Å². The van der Waals surface area contributed by atoms with Crippen molar-refractivity contribution in [3.05, 3.63) is 111 Å². The van der Waals surface area contributed by atoms with Crippen LogP contribution in [0.4, 0.5) is 0 Å². The fraction of sp³-hybridized carbons (Fsp3) is 0.0435. The van der Waals surface area contributed by atoms with E-state index in [1.54, 1.807) is 4.57 Å². The van der Waals surface area contributed by atoms with Gasteiger partial charge in [-0.15, -0.1) is 0 Å². The SMILES string of the molecule is O=c1c2ccccc2nc(/C=C/c2ccc(Br)cc2)n1Cc1ccccc1. The first kappa shape index (κ1) is 17.4. The lowest BCUT2D eigenvalue weighted by atomic mass is 10.2. The zero-order valence-electron chi connectivity index (χ0n) is 14.5. The van der Waals surface area contributed by atoms with E-state index in [1.807, 2.05) is 91.0 Å². The van der Waals surface area contributed by atoms with Crippen LogP contribution in [0.15, 0.2) is 88.1 Å². The maximum Gasteiger partial charge on any atom is 0.261 e. The first-order chi connectivity index (χ1) is 13.2. The number of nitrogens with zero attached hydrogens (tertiary/aromatic N) is 2. The third kappa shape index (κ3) is 3.91. The molecule has 0 bridgehead atoms. The first-order valence-corrected chi connectivity index (χ1v) is 9.47. The second kappa shape index (κ2) is 7.72. The van der Waals surface area contributed by atoms with Crippen molar-refractivity contribution in [2.24, 2.45) is 0 Å². The normalized spacial score (nSPS) is 11.3. The summed E-state index contributed by atoms with van der Waals surface area (Å²) in [6.07, 6.45) is 3.88. The highest BCUT2D eigenvalue weighted by molar-refractivity contribution is 9.10. The second-order valence-electron chi connectivity index (χ2n) is 6.25. The summed E-state index contributed by atoms with van der Waals surface area (Å²) in [7, 11) is 0. The van der Waals surface area contributed by atoms with Gasteiger partial charge in [0.2, 0.25) is 0 Å². The third-order valence-electron chi connectivity index (χ3n) is 4.37. The molecule has 0 amide bonds. The van der Waals surface area contributed by atoms with E-state index in [0.29, 0.717) is 23.3 Å². The minimum atomic E-state index is -0.0279. The molecule has 0 fully saturated rings. The van der Waals surface area contributed by atoms with Gasteiger partial charge in [0.05, 0.1) is 17.4 Å². The van der Waals surface area contributed by atoms with E-state index in [-0.39, 0.29) is 5.56 Å². The Hall–Kier alpha value is -2.98. The fourth-order valence-corrected chi connectivity index (χ4v) is 3.24. The van der Waals surface area contributed by atoms with E-state index in [4.69, 9.17) is 4.98 Å². The minimum absolute atomic E-state index is 0.0279. The van der Waals surface area contributed by atoms with E-state index in [0.717, 1.165) is 15.6 Å². The molecule has 1 heterocycles. The summed E-state index contributed by atoms with van der Waals surface area (Å²) in [5.74, 6) is 0.644. The highest BCUT2D eigenvalue weighted by Gasteiger charge is 2.09. The first-order valence-electron chi connectivity index (χ1n) is 8.68. The molecule has 27 heavy (non-hydrogen) atoms. The van der Waals surface area contributed by atoms with Crippen molar-refractivity contribution in [1.29, 1.82) is 0 Å². The maximum atomic E-state index is 13.1. The van der Waals surface area contributed by atoms with Crippen molar-refractivity contribution in [2.75, 3.05) is 0 Å². The summed E-state index contributed by atoms with van der Waals surface area (Å²) in [5, 5.41) is 0.634. The summed E-state index contributed by atoms with van der Waals surface area (Å²) in [4.78, 5) is 17.8. The average Bonchev–Trinajstić information content (AvgIpc) is 2.71. The van der Waals surface area contributed by atoms with Crippen molar-refractivity contribution in [3.8, 4) is 0 Å². The molecule has 0 radical (unpaired) electrons. The monoisotopic (exact) mass is 416 g/mol. The lowest BCUT2D eigenvalue weighted by Crippen LogP contribution is -2.24. The molecule has 132 valence electrons. The van der Waals surface area contributed by atoms with Crippen LogP contribution in [-0.2, 0) is 6.54 Å². The maximum absolute atomic E-state index is 13.1. The third-order valence-corrected chi connectivity index (χ3v) is 4.90. The average molecular weight is 417 g/mol. The van der Waals surface area contributed by atoms with E-state index in [2.05, 4.69) is 15.9 Å². The Morgan fingerprint density at radius 1 is 0.852 bits per heavy atom. The molecule has 0 atom stereocenters. The molecule has 0 saturated heterocycles. The molecule has 4 aromatic rings. The topological polar surface area (TPSA) is 34.9 Å². The Morgan fingerprint density at radius 2 is 1.56 bits per heavy atom. The summed E-state index contributed by atoms with van der Waals surface area (Å²) in [5.41, 5.74) is 2.80. The molecule has 0 unspecified atom stereocenters. The van der Waals surface area contributed by atoms with Gasteiger partial charge in [0.15, 0.2) is 0 Å². The van der Waals surface area contributed by atoms with Crippen molar-refractivity contribution in [3.63, 3.8) is 0 Å². The van der Waals surface area contributed by atoms with Crippen LogP contribution < -0.4 is 5.56 Å². The second-order valence-corrected chi connectivity index (χ2v) is 7.16. The van der Waals surface area contributed by atoms with E-state index >= 15 is 0 Å². The Balaban J connectivity index is 1.83. The fourth-order valence-electron chi connectivity index (χ4n) is 2.98. The van der Waals surface area contributed by atoms with Gasteiger partial charge in [-0.1, -0.05) is 76.6 Å². The molecule has 0 spiro atoms. The quantitative estimate of drug-likeness (QED) is 0.447. The van der Waals surface area contributed by atoms with Crippen LogP contribution >= 0.6 is 15.9 Å². The van der Waals surface area contributed by atoms with Gasteiger partial charge in [-0.05, 0) is 41.5 Å². The highest BCUT2D eigenvalue weighted by Crippen LogP contribution is 2.15. The number of hydrogen-bond donors (Lipinski definition) is 0. The molecule has 3 aromatic carbocycles. The Labute approximate surface area is 165 Å². The predicted molar refractivity (Wildman–Crippen MR) is 115 cm³/mol. The standard InChI is InChI=1S/C23H17BrN2O/c24-19-13-10-17(11-14-19)12-15-22-25-21-9-5-4-8-20(21)23(27)26(22)16-18-6-2-1-3-7-18/h1-15H,16H2/b15-12+. The van der Waals surface area contributed by atoms with Gasteiger partial charge in [0.1, 0.15) is 5.82 Å². The van der Waals surface area contributed by atoms with Gasteiger partial charge in [-0.3, -0.25) is 9.36 Å². The molecule has 0 aliphatic carbocycles. The van der Waals surface area contributed by atoms with E-state index in [1.165, 1.54) is 0 Å². The summed E-state index contributed by atoms with van der Waals surface area (Å²) in [6, 6.07) is 25.5. The van der Waals surface area contributed by atoms with Crippen LogP contribution in [0.1, 0.15) is 17.0 Å². The number of hydrogen-bond acceptors (Lipinski definition) is 2. The largest absolute Gasteiger partial charge is 0.288 e. The molecular weight excluding hydrogens is 400 g/mol.